The molecule has 0 N–H and O–H groups in total. The molecule has 1 fully saturated rings. The molecule has 1 aromatic rings. The van der Waals surface area contributed by atoms with Crippen molar-refractivity contribution in [3.8, 4) is 5.75 Å². The highest BCUT2D eigenvalue weighted by Gasteiger charge is 2.17. The van der Waals surface area contributed by atoms with Gasteiger partial charge in [0.05, 0.1) is 20.3 Å². The predicted octanol–water partition coefficient (Wildman–Crippen LogP) is 2.03. The molecular formula is C13H16O4. The molecule has 1 saturated heterocycles. The van der Waals surface area contributed by atoms with Gasteiger partial charge in [0.25, 0.3) is 0 Å². The number of carbonyl (C=O) groups excluding carboxylic acids is 1. The van der Waals surface area contributed by atoms with Gasteiger partial charge in [-0.3, -0.25) is 4.79 Å². The Kier molecular flexibility index (Phi) is 4.12. The van der Waals surface area contributed by atoms with Crippen LogP contribution in [0.15, 0.2) is 24.3 Å². The number of rotatable bonds is 5. The van der Waals surface area contributed by atoms with E-state index < -0.39 is 0 Å². The molecule has 1 aliphatic heterocycles. The summed E-state index contributed by atoms with van der Waals surface area (Å²) in [6.07, 6.45) is 0.818. The Labute approximate surface area is 100 Å². The lowest BCUT2D eigenvalue weighted by Crippen LogP contribution is -2.10. The Morgan fingerprint density at radius 1 is 1.41 bits per heavy atom. The van der Waals surface area contributed by atoms with Crippen molar-refractivity contribution in [2.75, 3.05) is 20.3 Å². The number of benzene rings is 1. The van der Waals surface area contributed by atoms with E-state index in [9.17, 15) is 4.79 Å². The van der Waals surface area contributed by atoms with E-state index >= 15 is 0 Å². The molecule has 1 aromatic carbocycles. The lowest BCUT2D eigenvalue weighted by atomic mass is 10.1. The number of hydrogen-bond donors (Lipinski definition) is 0. The normalized spacial score (nSPS) is 16.1. The van der Waals surface area contributed by atoms with E-state index in [0.717, 1.165) is 0 Å². The molecule has 2 rings (SSSR count). The van der Waals surface area contributed by atoms with Crippen LogP contribution in [0.1, 0.15) is 23.2 Å². The molecule has 0 spiro atoms. The third-order valence-electron chi connectivity index (χ3n) is 2.69. The van der Waals surface area contributed by atoms with Gasteiger partial charge in [0.15, 0.2) is 12.1 Å². The van der Waals surface area contributed by atoms with Crippen molar-refractivity contribution in [3.05, 3.63) is 29.8 Å². The first kappa shape index (κ1) is 12.1. The van der Waals surface area contributed by atoms with E-state index in [2.05, 4.69) is 0 Å². The van der Waals surface area contributed by atoms with Crippen LogP contribution in [-0.4, -0.2) is 32.4 Å². The summed E-state index contributed by atoms with van der Waals surface area (Å²) in [5.74, 6) is 0.784. The fourth-order valence-electron chi connectivity index (χ4n) is 1.76. The summed E-state index contributed by atoms with van der Waals surface area (Å²) >= 11 is 0. The van der Waals surface area contributed by atoms with Gasteiger partial charge in [-0.05, 0) is 12.1 Å². The Morgan fingerprint density at radius 2 is 2.18 bits per heavy atom. The molecule has 1 aliphatic rings. The van der Waals surface area contributed by atoms with E-state index in [0.29, 0.717) is 37.4 Å². The van der Waals surface area contributed by atoms with Crippen LogP contribution < -0.4 is 4.74 Å². The summed E-state index contributed by atoms with van der Waals surface area (Å²) in [4.78, 5) is 11.9. The smallest absolute Gasteiger partial charge is 0.163 e. The summed E-state index contributed by atoms with van der Waals surface area (Å²) < 4.78 is 15.7. The van der Waals surface area contributed by atoms with E-state index in [1.54, 1.807) is 19.2 Å². The van der Waals surface area contributed by atoms with Gasteiger partial charge in [0, 0.05) is 18.4 Å². The number of ether oxygens (including phenoxy) is 3. The summed E-state index contributed by atoms with van der Waals surface area (Å²) in [7, 11) is 1.59. The number of hydrogen-bond acceptors (Lipinski definition) is 4. The molecule has 0 saturated carbocycles. The summed E-state index contributed by atoms with van der Waals surface area (Å²) in [5.41, 5.74) is 0.669. The first-order valence-electron chi connectivity index (χ1n) is 5.70. The van der Waals surface area contributed by atoms with E-state index in [4.69, 9.17) is 14.2 Å². The van der Waals surface area contributed by atoms with Crippen molar-refractivity contribution >= 4 is 5.78 Å². The lowest BCUT2D eigenvalue weighted by Gasteiger charge is -2.08. The highest BCUT2D eigenvalue weighted by atomic mass is 16.7. The van der Waals surface area contributed by atoms with Crippen molar-refractivity contribution < 1.29 is 19.0 Å². The van der Waals surface area contributed by atoms with Crippen molar-refractivity contribution in [3.63, 3.8) is 0 Å². The molecule has 92 valence electrons. The Bertz CT molecular complexity index is 383. The predicted molar refractivity (Wildman–Crippen MR) is 62.3 cm³/mol. The number of ketones is 1. The van der Waals surface area contributed by atoms with E-state index in [1.165, 1.54) is 0 Å². The van der Waals surface area contributed by atoms with Gasteiger partial charge in [-0.2, -0.15) is 0 Å². The van der Waals surface area contributed by atoms with Crippen molar-refractivity contribution in [1.29, 1.82) is 0 Å². The minimum atomic E-state index is -0.218. The maximum atomic E-state index is 11.9. The van der Waals surface area contributed by atoms with Crippen LogP contribution in [0.5, 0.6) is 5.75 Å². The molecule has 1 heterocycles. The fraction of sp³-hybridized carbons (Fsp3) is 0.462. The van der Waals surface area contributed by atoms with Crippen LogP contribution in [0, 0.1) is 0 Å². The average molecular weight is 236 g/mol. The zero-order chi connectivity index (χ0) is 12.1. The molecule has 0 radical (unpaired) electrons. The average Bonchev–Trinajstić information content (AvgIpc) is 2.89. The molecule has 0 unspecified atom stereocenters. The third-order valence-corrected chi connectivity index (χ3v) is 2.69. The highest BCUT2D eigenvalue weighted by molar-refractivity contribution is 5.96. The topological polar surface area (TPSA) is 44.8 Å². The minimum Gasteiger partial charge on any atom is -0.497 e. The summed E-state index contributed by atoms with van der Waals surface area (Å²) in [6, 6.07) is 7.18. The zero-order valence-corrected chi connectivity index (χ0v) is 9.85. The second kappa shape index (κ2) is 5.80. The van der Waals surface area contributed by atoms with Gasteiger partial charge in [-0.25, -0.2) is 0 Å². The van der Waals surface area contributed by atoms with Crippen LogP contribution in [0.2, 0.25) is 0 Å². The monoisotopic (exact) mass is 236 g/mol. The van der Waals surface area contributed by atoms with Gasteiger partial charge in [-0.1, -0.05) is 12.1 Å². The standard InChI is InChI=1S/C13H16O4/c1-15-11-4-2-3-10(9-11)12(14)5-6-13-16-7-8-17-13/h2-4,9,13H,5-8H2,1H3. The SMILES string of the molecule is COc1cccc(C(=O)CCC2OCCO2)c1. The Hall–Kier alpha value is -1.39. The molecule has 4 nitrogen and oxygen atoms in total. The van der Waals surface area contributed by atoms with Crippen LogP contribution >= 0.6 is 0 Å². The summed E-state index contributed by atoms with van der Waals surface area (Å²) in [5, 5.41) is 0. The highest BCUT2D eigenvalue weighted by Crippen LogP contribution is 2.17. The lowest BCUT2D eigenvalue weighted by molar-refractivity contribution is -0.0464. The van der Waals surface area contributed by atoms with Crippen LogP contribution in [0.3, 0.4) is 0 Å². The van der Waals surface area contributed by atoms with Gasteiger partial charge in [0.1, 0.15) is 5.75 Å². The maximum Gasteiger partial charge on any atom is 0.163 e. The molecule has 0 aromatic heterocycles. The summed E-state index contributed by atoms with van der Waals surface area (Å²) in [6.45, 7) is 1.25. The van der Waals surface area contributed by atoms with Crippen LogP contribution in [0.25, 0.3) is 0 Å². The minimum absolute atomic E-state index is 0.0861. The van der Waals surface area contributed by atoms with Gasteiger partial charge < -0.3 is 14.2 Å². The van der Waals surface area contributed by atoms with Gasteiger partial charge >= 0.3 is 0 Å². The van der Waals surface area contributed by atoms with Crippen LogP contribution in [-0.2, 0) is 9.47 Å². The number of Topliss-reactive ketones (excluding diaryl/α,β-unsaturated/α-hetero) is 1. The van der Waals surface area contributed by atoms with Gasteiger partial charge in [0.2, 0.25) is 0 Å². The van der Waals surface area contributed by atoms with E-state index in [1.807, 2.05) is 12.1 Å². The number of methoxy groups -OCH3 is 1. The molecule has 0 bridgehead atoms. The quantitative estimate of drug-likeness (QED) is 0.734. The second-order valence-electron chi connectivity index (χ2n) is 3.86. The second-order valence-corrected chi connectivity index (χ2v) is 3.86. The fourth-order valence-corrected chi connectivity index (χ4v) is 1.76. The zero-order valence-electron chi connectivity index (χ0n) is 9.85. The number of carbonyl (C=O) groups is 1. The molecule has 0 atom stereocenters. The van der Waals surface area contributed by atoms with Crippen molar-refractivity contribution in [2.24, 2.45) is 0 Å². The Balaban J connectivity index is 1.89. The Morgan fingerprint density at radius 3 is 2.88 bits per heavy atom. The maximum absolute atomic E-state index is 11.9. The molecule has 17 heavy (non-hydrogen) atoms. The molecule has 0 aliphatic carbocycles. The molecular weight excluding hydrogens is 220 g/mol. The first-order chi connectivity index (χ1) is 8.29. The van der Waals surface area contributed by atoms with Gasteiger partial charge in [-0.15, -0.1) is 0 Å². The molecule has 0 amide bonds. The molecule has 4 heteroatoms. The third kappa shape index (κ3) is 3.28. The largest absolute Gasteiger partial charge is 0.497 e. The van der Waals surface area contributed by atoms with Crippen molar-refractivity contribution in [1.82, 2.24) is 0 Å². The van der Waals surface area contributed by atoms with Crippen LogP contribution in [0.4, 0.5) is 0 Å². The van der Waals surface area contributed by atoms with Crippen molar-refractivity contribution in [2.45, 2.75) is 19.1 Å². The van der Waals surface area contributed by atoms with E-state index in [-0.39, 0.29) is 12.1 Å². The first-order valence-corrected chi connectivity index (χ1v) is 5.70.